The summed E-state index contributed by atoms with van der Waals surface area (Å²) in [7, 11) is 1.60. The predicted octanol–water partition coefficient (Wildman–Crippen LogP) is 0.100. The van der Waals surface area contributed by atoms with E-state index in [1.165, 1.54) is 0 Å². The first-order chi connectivity index (χ1) is 7.62. The second kappa shape index (κ2) is 5.98. The first kappa shape index (κ1) is 13.2. The Balaban J connectivity index is 2.47. The van der Waals surface area contributed by atoms with E-state index in [2.05, 4.69) is 4.90 Å². The minimum absolute atomic E-state index is 0.00262. The van der Waals surface area contributed by atoms with Crippen LogP contribution in [-0.2, 0) is 9.53 Å². The van der Waals surface area contributed by atoms with Crippen molar-refractivity contribution < 1.29 is 19.7 Å². The highest BCUT2D eigenvalue weighted by molar-refractivity contribution is 5.79. The van der Waals surface area contributed by atoms with Gasteiger partial charge in [-0.15, -0.1) is 0 Å². The number of methoxy groups -OCH3 is 1. The zero-order valence-electron chi connectivity index (χ0n) is 9.56. The lowest BCUT2D eigenvalue weighted by atomic mass is 9.93. The summed E-state index contributed by atoms with van der Waals surface area (Å²) in [5.74, 6) is -0.933. The van der Waals surface area contributed by atoms with Crippen LogP contribution in [0.25, 0.3) is 0 Å². The van der Waals surface area contributed by atoms with Gasteiger partial charge in [0.1, 0.15) is 5.60 Å². The minimum Gasteiger partial charge on any atom is -0.478 e. The topological polar surface area (TPSA) is 70.0 Å². The number of hydrogen-bond donors (Lipinski definition) is 2. The maximum atomic E-state index is 10.3. The van der Waals surface area contributed by atoms with Crippen LogP contribution in [0.15, 0.2) is 12.2 Å². The highest BCUT2D eigenvalue weighted by atomic mass is 16.5. The molecule has 5 heteroatoms. The van der Waals surface area contributed by atoms with E-state index in [1.54, 1.807) is 13.2 Å². The number of aliphatic hydroxyl groups excluding tert-OH is 1. The molecule has 0 amide bonds. The van der Waals surface area contributed by atoms with Crippen molar-refractivity contribution in [1.82, 2.24) is 4.90 Å². The molecular weight excluding hydrogens is 210 g/mol. The fraction of sp³-hybridized carbons (Fsp3) is 0.727. The molecule has 0 saturated carbocycles. The number of rotatable bonds is 5. The Bertz CT molecular complexity index is 261. The van der Waals surface area contributed by atoms with Crippen molar-refractivity contribution in [3.63, 3.8) is 0 Å². The summed E-state index contributed by atoms with van der Waals surface area (Å²) >= 11 is 0. The molecular formula is C11H19NO4. The third-order valence-corrected chi connectivity index (χ3v) is 2.96. The van der Waals surface area contributed by atoms with Crippen molar-refractivity contribution in [2.75, 3.05) is 33.4 Å². The molecule has 1 aliphatic heterocycles. The second-order valence-corrected chi connectivity index (χ2v) is 4.12. The lowest BCUT2D eigenvalue weighted by Crippen LogP contribution is -2.51. The first-order valence-electron chi connectivity index (χ1n) is 5.40. The van der Waals surface area contributed by atoms with Gasteiger partial charge >= 0.3 is 5.97 Å². The Morgan fingerprint density at radius 1 is 1.62 bits per heavy atom. The second-order valence-electron chi connectivity index (χ2n) is 4.12. The Kier molecular flexibility index (Phi) is 4.92. The summed E-state index contributed by atoms with van der Waals surface area (Å²) in [6.45, 7) is 2.14. The Morgan fingerprint density at radius 3 is 2.94 bits per heavy atom. The normalized spacial score (nSPS) is 27.4. The van der Waals surface area contributed by atoms with Gasteiger partial charge in [-0.2, -0.15) is 0 Å². The summed E-state index contributed by atoms with van der Waals surface area (Å²) in [5.41, 5.74) is -0.477. The fourth-order valence-electron chi connectivity index (χ4n) is 2.01. The Labute approximate surface area is 95.3 Å². The van der Waals surface area contributed by atoms with Gasteiger partial charge < -0.3 is 14.9 Å². The molecule has 1 atom stereocenters. The van der Waals surface area contributed by atoms with E-state index in [9.17, 15) is 9.90 Å². The number of aliphatic hydroxyl groups is 1. The molecule has 1 unspecified atom stereocenters. The van der Waals surface area contributed by atoms with Gasteiger partial charge in [0, 0.05) is 26.3 Å². The highest BCUT2D eigenvalue weighted by Crippen LogP contribution is 2.23. The SMILES string of the molecule is COC1(CO)CCCN(CC=CC(=O)O)C1. The quantitative estimate of drug-likeness (QED) is 0.654. The largest absolute Gasteiger partial charge is 0.478 e. The van der Waals surface area contributed by atoms with Crippen molar-refractivity contribution in [1.29, 1.82) is 0 Å². The van der Waals surface area contributed by atoms with Gasteiger partial charge in [0.2, 0.25) is 0 Å². The van der Waals surface area contributed by atoms with Crippen LogP contribution >= 0.6 is 0 Å². The van der Waals surface area contributed by atoms with Gasteiger partial charge in [0.15, 0.2) is 0 Å². The van der Waals surface area contributed by atoms with E-state index in [4.69, 9.17) is 9.84 Å². The fourth-order valence-corrected chi connectivity index (χ4v) is 2.01. The maximum absolute atomic E-state index is 10.3. The molecule has 0 spiro atoms. The molecule has 1 rings (SSSR count). The number of piperidine rings is 1. The van der Waals surface area contributed by atoms with Crippen LogP contribution in [0.3, 0.4) is 0 Å². The summed E-state index contributed by atoms with van der Waals surface area (Å²) in [5, 5.41) is 17.8. The number of ether oxygens (including phenoxy) is 1. The third kappa shape index (κ3) is 3.59. The lowest BCUT2D eigenvalue weighted by molar-refractivity contribution is -0.131. The minimum atomic E-state index is -0.933. The molecule has 2 N–H and O–H groups in total. The van der Waals surface area contributed by atoms with Crippen LogP contribution in [0, 0.1) is 0 Å². The highest BCUT2D eigenvalue weighted by Gasteiger charge is 2.34. The number of carboxylic acid groups (broad SMARTS) is 1. The van der Waals surface area contributed by atoms with Gasteiger partial charge in [-0.3, -0.25) is 4.90 Å². The van der Waals surface area contributed by atoms with Crippen LogP contribution in [0.4, 0.5) is 0 Å². The molecule has 5 nitrogen and oxygen atoms in total. The van der Waals surface area contributed by atoms with E-state index in [1.807, 2.05) is 0 Å². The van der Waals surface area contributed by atoms with E-state index in [0.29, 0.717) is 13.1 Å². The molecule has 0 radical (unpaired) electrons. The maximum Gasteiger partial charge on any atom is 0.328 e. The van der Waals surface area contributed by atoms with Crippen LogP contribution in [0.2, 0.25) is 0 Å². The summed E-state index contributed by atoms with van der Waals surface area (Å²) in [4.78, 5) is 12.4. The predicted molar refractivity (Wildman–Crippen MR) is 59.3 cm³/mol. The molecule has 92 valence electrons. The van der Waals surface area contributed by atoms with Crippen molar-refractivity contribution in [2.24, 2.45) is 0 Å². The van der Waals surface area contributed by atoms with E-state index in [-0.39, 0.29) is 6.61 Å². The molecule has 0 bridgehead atoms. The van der Waals surface area contributed by atoms with E-state index >= 15 is 0 Å². The average molecular weight is 229 g/mol. The molecule has 0 aromatic carbocycles. The number of carboxylic acids is 1. The summed E-state index contributed by atoms with van der Waals surface area (Å²) in [6, 6.07) is 0. The molecule has 1 saturated heterocycles. The molecule has 1 aliphatic rings. The van der Waals surface area contributed by atoms with Gasteiger partial charge in [0.25, 0.3) is 0 Å². The Hall–Kier alpha value is -0.910. The van der Waals surface area contributed by atoms with Gasteiger partial charge in [-0.1, -0.05) is 6.08 Å². The van der Waals surface area contributed by atoms with Crippen LogP contribution in [0.1, 0.15) is 12.8 Å². The number of likely N-dealkylation sites (tertiary alicyclic amines) is 1. The monoisotopic (exact) mass is 229 g/mol. The Morgan fingerprint density at radius 2 is 2.38 bits per heavy atom. The van der Waals surface area contributed by atoms with Gasteiger partial charge in [0.05, 0.1) is 6.61 Å². The number of nitrogens with zero attached hydrogens (tertiary/aromatic N) is 1. The van der Waals surface area contributed by atoms with E-state index < -0.39 is 11.6 Å². The van der Waals surface area contributed by atoms with E-state index in [0.717, 1.165) is 25.5 Å². The first-order valence-corrected chi connectivity index (χ1v) is 5.40. The summed E-state index contributed by atoms with van der Waals surface area (Å²) in [6.07, 6.45) is 4.56. The standard InChI is InChI=1S/C11H19NO4/c1-16-11(9-13)5-3-7-12(8-11)6-2-4-10(14)15/h2,4,13H,3,5-9H2,1H3,(H,14,15). The van der Waals surface area contributed by atoms with Crippen molar-refractivity contribution in [2.45, 2.75) is 18.4 Å². The van der Waals surface area contributed by atoms with Crippen LogP contribution in [0.5, 0.6) is 0 Å². The summed E-state index contributed by atoms with van der Waals surface area (Å²) < 4.78 is 5.35. The third-order valence-electron chi connectivity index (χ3n) is 2.96. The molecule has 0 aliphatic carbocycles. The van der Waals surface area contributed by atoms with Gasteiger partial charge in [-0.25, -0.2) is 4.79 Å². The zero-order chi connectivity index (χ0) is 12.0. The van der Waals surface area contributed by atoms with Crippen molar-refractivity contribution >= 4 is 5.97 Å². The molecule has 0 aromatic rings. The molecule has 1 heterocycles. The lowest BCUT2D eigenvalue weighted by Gasteiger charge is -2.40. The zero-order valence-corrected chi connectivity index (χ0v) is 9.56. The molecule has 0 aromatic heterocycles. The smallest absolute Gasteiger partial charge is 0.328 e. The number of aliphatic carboxylic acids is 1. The molecule has 1 fully saturated rings. The van der Waals surface area contributed by atoms with Crippen LogP contribution in [-0.4, -0.2) is 60.0 Å². The average Bonchev–Trinajstić information content (AvgIpc) is 2.29. The van der Waals surface area contributed by atoms with Gasteiger partial charge in [-0.05, 0) is 19.4 Å². The number of carbonyl (C=O) groups is 1. The van der Waals surface area contributed by atoms with Crippen LogP contribution < -0.4 is 0 Å². The molecule has 16 heavy (non-hydrogen) atoms. The van der Waals surface area contributed by atoms with Crippen molar-refractivity contribution in [3.8, 4) is 0 Å². The van der Waals surface area contributed by atoms with Crippen molar-refractivity contribution in [3.05, 3.63) is 12.2 Å². The number of hydrogen-bond acceptors (Lipinski definition) is 4.